The van der Waals surface area contributed by atoms with Crippen LogP contribution >= 0.6 is 23.2 Å². The third-order valence-electron chi connectivity index (χ3n) is 4.29. The third-order valence-corrected chi connectivity index (χ3v) is 4.92. The first-order valence-electron chi connectivity index (χ1n) is 8.74. The zero-order valence-corrected chi connectivity index (χ0v) is 17.1. The van der Waals surface area contributed by atoms with E-state index in [1.807, 2.05) is 0 Å². The van der Waals surface area contributed by atoms with E-state index >= 15 is 0 Å². The van der Waals surface area contributed by atoms with Gasteiger partial charge in [-0.05, 0) is 50.2 Å². The van der Waals surface area contributed by atoms with Gasteiger partial charge in [0.1, 0.15) is 5.82 Å². The van der Waals surface area contributed by atoms with Crippen LogP contribution in [0.2, 0.25) is 10.0 Å². The van der Waals surface area contributed by atoms with E-state index in [1.54, 1.807) is 49.2 Å². The zero-order valence-electron chi connectivity index (χ0n) is 15.6. The van der Waals surface area contributed by atoms with Gasteiger partial charge in [-0.1, -0.05) is 41.4 Å². The van der Waals surface area contributed by atoms with Gasteiger partial charge in [0.25, 0.3) is 0 Å². The van der Waals surface area contributed by atoms with E-state index in [0.29, 0.717) is 28.7 Å². The molecule has 0 spiro atoms. The van der Waals surface area contributed by atoms with Crippen molar-refractivity contribution < 1.29 is 14.0 Å². The maximum Gasteiger partial charge on any atom is 0.238 e. The summed E-state index contributed by atoms with van der Waals surface area (Å²) in [6.07, 6.45) is 0.591. The molecule has 0 aromatic heterocycles. The van der Waals surface area contributed by atoms with Crippen LogP contribution in [-0.4, -0.2) is 42.9 Å². The van der Waals surface area contributed by atoms with Crippen LogP contribution < -0.4 is 10.6 Å². The standard InChI is InChI=1S/C20H22Cl2FN3O2/c1-13(20(28)24-11-10-14-6-8-15(23)9-7-14)26(2)12-18(27)25-19-16(21)4-3-5-17(19)22/h3-9,13H,10-12H2,1-2H3,(H,24,28)(H,25,27). The van der Waals surface area contributed by atoms with Gasteiger partial charge in [0.05, 0.1) is 28.3 Å². The fourth-order valence-corrected chi connectivity index (χ4v) is 2.98. The summed E-state index contributed by atoms with van der Waals surface area (Å²) in [5, 5.41) is 6.17. The highest BCUT2D eigenvalue weighted by molar-refractivity contribution is 6.39. The summed E-state index contributed by atoms with van der Waals surface area (Å²) in [4.78, 5) is 26.2. The van der Waals surface area contributed by atoms with Crippen molar-refractivity contribution in [1.82, 2.24) is 10.2 Å². The molecule has 2 amide bonds. The number of rotatable bonds is 8. The molecule has 0 aliphatic heterocycles. The fourth-order valence-electron chi connectivity index (χ4n) is 2.49. The van der Waals surface area contributed by atoms with E-state index in [0.717, 1.165) is 5.56 Å². The SMILES string of the molecule is CC(C(=O)NCCc1ccc(F)cc1)N(C)CC(=O)Nc1c(Cl)cccc1Cl. The molecule has 1 atom stereocenters. The molecule has 28 heavy (non-hydrogen) atoms. The van der Waals surface area contributed by atoms with Gasteiger partial charge >= 0.3 is 0 Å². The number of para-hydroxylation sites is 1. The zero-order chi connectivity index (χ0) is 20.7. The molecule has 2 aromatic carbocycles. The highest BCUT2D eigenvalue weighted by atomic mass is 35.5. The number of halogens is 3. The molecule has 5 nitrogen and oxygen atoms in total. The molecule has 8 heteroatoms. The summed E-state index contributed by atoms with van der Waals surface area (Å²) in [5.74, 6) is -0.823. The van der Waals surface area contributed by atoms with Gasteiger partial charge in [-0.25, -0.2) is 4.39 Å². The Morgan fingerprint density at radius 3 is 2.32 bits per heavy atom. The molecule has 0 saturated heterocycles. The molecule has 2 aromatic rings. The van der Waals surface area contributed by atoms with Gasteiger partial charge in [-0.15, -0.1) is 0 Å². The van der Waals surface area contributed by atoms with E-state index < -0.39 is 6.04 Å². The Bertz CT molecular complexity index is 810. The van der Waals surface area contributed by atoms with Crippen molar-refractivity contribution in [2.24, 2.45) is 0 Å². The minimum Gasteiger partial charge on any atom is -0.354 e. The average Bonchev–Trinajstić information content (AvgIpc) is 2.65. The molecule has 0 fully saturated rings. The van der Waals surface area contributed by atoms with Crippen LogP contribution in [0.4, 0.5) is 10.1 Å². The van der Waals surface area contributed by atoms with Gasteiger partial charge < -0.3 is 10.6 Å². The number of hydrogen-bond donors (Lipinski definition) is 2. The monoisotopic (exact) mass is 425 g/mol. The number of amides is 2. The first-order valence-corrected chi connectivity index (χ1v) is 9.49. The number of likely N-dealkylation sites (N-methyl/N-ethyl adjacent to an activating group) is 1. The lowest BCUT2D eigenvalue weighted by Crippen LogP contribution is -2.46. The predicted octanol–water partition coefficient (Wildman–Crippen LogP) is 3.75. The summed E-state index contributed by atoms with van der Waals surface area (Å²) in [5.41, 5.74) is 1.28. The Balaban J connectivity index is 1.80. The topological polar surface area (TPSA) is 61.4 Å². The number of hydrogen-bond acceptors (Lipinski definition) is 3. The molecule has 150 valence electrons. The van der Waals surface area contributed by atoms with Gasteiger partial charge in [-0.3, -0.25) is 14.5 Å². The van der Waals surface area contributed by atoms with Crippen LogP contribution in [0.3, 0.4) is 0 Å². The van der Waals surface area contributed by atoms with Crippen LogP contribution in [0.25, 0.3) is 0 Å². The molecule has 0 heterocycles. The highest BCUT2D eigenvalue weighted by Crippen LogP contribution is 2.29. The number of carbonyl (C=O) groups excluding carboxylic acids is 2. The molecule has 1 unspecified atom stereocenters. The molecule has 0 aliphatic carbocycles. The molecule has 2 N–H and O–H groups in total. The maximum atomic E-state index is 12.9. The molecule has 0 bridgehead atoms. The van der Waals surface area contributed by atoms with E-state index in [2.05, 4.69) is 10.6 Å². The molecule has 0 saturated carbocycles. The number of carbonyl (C=O) groups is 2. The van der Waals surface area contributed by atoms with E-state index in [1.165, 1.54) is 12.1 Å². The van der Waals surface area contributed by atoms with E-state index in [4.69, 9.17) is 23.2 Å². The first kappa shape index (κ1) is 22.1. The van der Waals surface area contributed by atoms with Crippen LogP contribution in [0.1, 0.15) is 12.5 Å². The molecule has 0 aliphatic rings. The Kier molecular flexibility index (Phi) is 8.23. The second-order valence-electron chi connectivity index (χ2n) is 6.40. The van der Waals surface area contributed by atoms with Crippen LogP contribution in [0, 0.1) is 5.82 Å². The Hall–Kier alpha value is -2.15. The highest BCUT2D eigenvalue weighted by Gasteiger charge is 2.20. The van der Waals surface area contributed by atoms with Crippen LogP contribution in [0.15, 0.2) is 42.5 Å². The summed E-state index contributed by atoms with van der Waals surface area (Å²) < 4.78 is 12.9. The minimum absolute atomic E-state index is 0.00585. The van der Waals surface area contributed by atoms with Crippen molar-refractivity contribution in [3.63, 3.8) is 0 Å². The number of anilines is 1. The number of benzene rings is 2. The summed E-state index contributed by atoms with van der Waals surface area (Å²) >= 11 is 12.1. The van der Waals surface area contributed by atoms with Gasteiger partial charge in [0.15, 0.2) is 0 Å². The summed E-state index contributed by atoms with van der Waals surface area (Å²) in [7, 11) is 1.68. The minimum atomic E-state index is -0.513. The Labute approximate surface area is 173 Å². The summed E-state index contributed by atoms with van der Waals surface area (Å²) in [6.45, 7) is 2.13. The Morgan fingerprint density at radius 2 is 1.71 bits per heavy atom. The molecular formula is C20H22Cl2FN3O2. The van der Waals surface area contributed by atoms with Crippen molar-refractivity contribution in [2.45, 2.75) is 19.4 Å². The van der Waals surface area contributed by atoms with Crippen molar-refractivity contribution in [2.75, 3.05) is 25.5 Å². The van der Waals surface area contributed by atoms with Crippen molar-refractivity contribution in [3.05, 3.63) is 63.9 Å². The van der Waals surface area contributed by atoms with Gasteiger partial charge in [0, 0.05) is 6.54 Å². The van der Waals surface area contributed by atoms with Crippen molar-refractivity contribution in [3.8, 4) is 0 Å². The lowest BCUT2D eigenvalue weighted by Gasteiger charge is -2.23. The maximum absolute atomic E-state index is 12.9. The number of nitrogens with one attached hydrogen (secondary N) is 2. The van der Waals surface area contributed by atoms with E-state index in [-0.39, 0.29) is 24.2 Å². The third kappa shape index (κ3) is 6.48. The quantitative estimate of drug-likeness (QED) is 0.676. The fraction of sp³-hybridized carbons (Fsp3) is 0.300. The first-order chi connectivity index (χ1) is 13.3. The molecule has 0 radical (unpaired) electrons. The normalized spacial score (nSPS) is 11.9. The molecular weight excluding hydrogens is 404 g/mol. The second-order valence-corrected chi connectivity index (χ2v) is 7.22. The predicted molar refractivity (Wildman–Crippen MR) is 110 cm³/mol. The van der Waals surface area contributed by atoms with Crippen LogP contribution in [0.5, 0.6) is 0 Å². The lowest BCUT2D eigenvalue weighted by molar-refractivity contribution is -0.126. The lowest BCUT2D eigenvalue weighted by atomic mass is 10.1. The summed E-state index contributed by atoms with van der Waals surface area (Å²) in [6, 6.07) is 10.6. The number of nitrogens with zero attached hydrogens (tertiary/aromatic N) is 1. The largest absolute Gasteiger partial charge is 0.354 e. The van der Waals surface area contributed by atoms with Gasteiger partial charge in [0.2, 0.25) is 11.8 Å². The molecule has 2 rings (SSSR count). The van der Waals surface area contributed by atoms with Crippen molar-refractivity contribution >= 4 is 40.7 Å². The smallest absolute Gasteiger partial charge is 0.238 e. The van der Waals surface area contributed by atoms with Gasteiger partial charge in [-0.2, -0.15) is 0 Å². The van der Waals surface area contributed by atoms with Crippen LogP contribution in [-0.2, 0) is 16.0 Å². The second kappa shape index (κ2) is 10.4. The van der Waals surface area contributed by atoms with E-state index in [9.17, 15) is 14.0 Å². The Morgan fingerprint density at radius 1 is 1.11 bits per heavy atom. The van der Waals surface area contributed by atoms with Crippen molar-refractivity contribution in [1.29, 1.82) is 0 Å². The average molecular weight is 426 g/mol.